The molecule has 3 amide bonds. The Bertz CT molecular complexity index is 1330. The number of hydrogen-bond acceptors (Lipinski definition) is 7. The molecule has 0 saturated carbocycles. The van der Waals surface area contributed by atoms with Crippen molar-refractivity contribution in [2.75, 3.05) is 23.9 Å². The zero-order valence-corrected chi connectivity index (χ0v) is 20.3. The molecule has 5 atom stereocenters. The number of rotatable bonds is 4. The van der Waals surface area contributed by atoms with Gasteiger partial charge < -0.3 is 15.3 Å². The Morgan fingerprint density at radius 3 is 2.69 bits per heavy atom. The fourth-order valence-electron chi connectivity index (χ4n) is 6.96. The van der Waals surface area contributed by atoms with Crippen LogP contribution in [0.15, 0.2) is 30.3 Å². The summed E-state index contributed by atoms with van der Waals surface area (Å²) in [4.78, 5) is 45.2. The molecular formula is C26H28N4O6. The summed E-state index contributed by atoms with van der Waals surface area (Å²) in [7, 11) is 1.35. The molecule has 0 aromatic heterocycles. The van der Waals surface area contributed by atoms with Crippen molar-refractivity contribution in [3.05, 3.63) is 52.2 Å². The highest BCUT2D eigenvalue weighted by Crippen LogP contribution is 2.61. The van der Waals surface area contributed by atoms with E-state index in [-0.39, 0.29) is 29.3 Å². The van der Waals surface area contributed by atoms with E-state index < -0.39 is 28.5 Å². The number of benzene rings is 2. The van der Waals surface area contributed by atoms with Crippen molar-refractivity contribution >= 4 is 34.8 Å². The second-order valence-electron chi connectivity index (χ2n) is 10.0. The summed E-state index contributed by atoms with van der Waals surface area (Å²) in [6.45, 7) is 4.35. The van der Waals surface area contributed by atoms with E-state index in [0.717, 1.165) is 35.3 Å². The zero-order valence-electron chi connectivity index (χ0n) is 20.3. The number of quaternary nitrogens is 1. The van der Waals surface area contributed by atoms with E-state index in [1.807, 2.05) is 25.1 Å². The molecule has 3 N–H and O–H groups in total. The number of nitrogens with one attached hydrogen (secondary N) is 2. The summed E-state index contributed by atoms with van der Waals surface area (Å²) in [5.41, 5.74) is 1.98. The number of carbonyl (C=O) groups excluding carboxylic acids is 3. The standard InChI is InChI=1S/C26H28N4O6/c1-4-14-7-8-16-15(11-14)26(25(33)27-16)22-21(17-6-5-9-28(17)26)23(31)29(24(22)32)18-12-20(36-3)19(30(34)35)10-13(18)2/h7-8,10-12,17,21-22,30,34H,4-6,9H2,1-3H3,(H,27,33). The minimum atomic E-state index is -1.24. The molecule has 3 fully saturated rings. The second-order valence-corrected chi connectivity index (χ2v) is 10.0. The van der Waals surface area contributed by atoms with Crippen LogP contribution in [0.4, 0.5) is 17.1 Å². The molecule has 0 aliphatic carbocycles. The molecular weight excluding hydrogens is 464 g/mol. The summed E-state index contributed by atoms with van der Waals surface area (Å²) in [6.07, 6.45) is 2.35. The minimum Gasteiger partial charge on any atom is -0.595 e. The first-order valence-corrected chi connectivity index (χ1v) is 12.3. The van der Waals surface area contributed by atoms with Crippen LogP contribution in [0.5, 0.6) is 5.75 Å². The molecule has 36 heavy (non-hydrogen) atoms. The monoisotopic (exact) mass is 492 g/mol. The highest BCUT2D eigenvalue weighted by Gasteiger charge is 2.74. The summed E-state index contributed by atoms with van der Waals surface area (Å²) in [6, 6.07) is 8.48. The Labute approximate surface area is 207 Å². The number of anilines is 2. The van der Waals surface area contributed by atoms with Gasteiger partial charge in [-0.3, -0.25) is 19.3 Å². The summed E-state index contributed by atoms with van der Waals surface area (Å²) >= 11 is 0. The molecule has 10 heteroatoms. The number of carbonyl (C=O) groups is 3. The molecule has 4 aliphatic heterocycles. The van der Waals surface area contributed by atoms with Crippen molar-refractivity contribution in [1.29, 1.82) is 0 Å². The maximum atomic E-state index is 14.2. The first-order chi connectivity index (χ1) is 17.2. The first-order valence-electron chi connectivity index (χ1n) is 12.3. The molecule has 4 heterocycles. The predicted octanol–water partition coefficient (Wildman–Crippen LogP) is 1.40. The topological polar surface area (TPSA) is 127 Å². The van der Waals surface area contributed by atoms with E-state index in [9.17, 15) is 24.8 Å². The summed E-state index contributed by atoms with van der Waals surface area (Å²) < 4.78 is 5.28. The maximum Gasteiger partial charge on any atom is 0.250 e. The van der Waals surface area contributed by atoms with Gasteiger partial charge in [-0.2, -0.15) is 5.23 Å². The van der Waals surface area contributed by atoms with Crippen molar-refractivity contribution in [3.63, 3.8) is 0 Å². The molecule has 5 unspecified atom stereocenters. The molecule has 10 nitrogen and oxygen atoms in total. The van der Waals surface area contributed by atoms with Crippen molar-refractivity contribution in [1.82, 2.24) is 4.90 Å². The third-order valence-corrected chi connectivity index (χ3v) is 8.45. The smallest absolute Gasteiger partial charge is 0.250 e. The number of aryl methyl sites for hydroxylation is 2. The molecule has 1 spiro atoms. The zero-order chi connectivity index (χ0) is 25.5. The molecule has 2 aromatic carbocycles. The highest BCUT2D eigenvalue weighted by atomic mass is 16.8. The lowest BCUT2D eigenvalue weighted by molar-refractivity contribution is -0.991. The SMILES string of the molecule is CCc1ccc2c(c1)C1(C(=O)N2)C2C(=O)N(c3cc(OC)c([NH+]([O-])O)cc3C)C(=O)C2C2CCCN21. The Balaban J connectivity index is 1.53. The fourth-order valence-corrected chi connectivity index (χ4v) is 6.96. The van der Waals surface area contributed by atoms with Crippen LogP contribution in [-0.4, -0.2) is 47.5 Å². The van der Waals surface area contributed by atoms with Crippen LogP contribution in [0.1, 0.15) is 36.5 Å². The molecule has 3 saturated heterocycles. The second kappa shape index (κ2) is 7.84. The Kier molecular flexibility index (Phi) is 5.03. The van der Waals surface area contributed by atoms with Crippen LogP contribution in [0.25, 0.3) is 0 Å². The Hall–Kier alpha value is -3.31. The van der Waals surface area contributed by atoms with Crippen LogP contribution in [0.3, 0.4) is 0 Å². The van der Waals surface area contributed by atoms with Gasteiger partial charge in [0.15, 0.2) is 5.75 Å². The lowest BCUT2D eigenvalue weighted by Crippen LogP contribution is -2.99. The van der Waals surface area contributed by atoms with Crippen molar-refractivity contribution in [3.8, 4) is 5.75 Å². The van der Waals surface area contributed by atoms with Gasteiger partial charge in [-0.1, -0.05) is 19.1 Å². The minimum absolute atomic E-state index is 0.0485. The van der Waals surface area contributed by atoms with Crippen molar-refractivity contribution in [2.24, 2.45) is 11.8 Å². The van der Waals surface area contributed by atoms with Gasteiger partial charge in [-0.05, 0) is 49.9 Å². The van der Waals surface area contributed by atoms with Crippen LogP contribution in [0.2, 0.25) is 0 Å². The van der Waals surface area contributed by atoms with E-state index in [1.54, 1.807) is 6.92 Å². The third kappa shape index (κ3) is 2.72. The molecule has 0 bridgehead atoms. The largest absolute Gasteiger partial charge is 0.595 e. The number of fused-ring (bicyclic) bond motifs is 7. The summed E-state index contributed by atoms with van der Waals surface area (Å²) in [5, 5.41) is 23.1. The lowest BCUT2D eigenvalue weighted by atomic mass is 9.75. The van der Waals surface area contributed by atoms with Crippen LogP contribution in [0, 0.1) is 24.0 Å². The van der Waals surface area contributed by atoms with Gasteiger partial charge in [0.1, 0.15) is 5.54 Å². The van der Waals surface area contributed by atoms with E-state index in [0.29, 0.717) is 23.5 Å². The number of hydrogen-bond donors (Lipinski definition) is 3. The molecule has 0 radical (unpaired) electrons. The van der Waals surface area contributed by atoms with Gasteiger partial charge in [0, 0.05) is 29.4 Å². The van der Waals surface area contributed by atoms with Crippen LogP contribution in [-0.2, 0) is 26.3 Å². The third-order valence-electron chi connectivity index (χ3n) is 8.45. The number of methoxy groups -OCH3 is 1. The Morgan fingerprint density at radius 1 is 1.22 bits per heavy atom. The number of imide groups is 1. The van der Waals surface area contributed by atoms with Gasteiger partial charge in [-0.25, -0.2) is 10.1 Å². The number of ether oxygens (including phenoxy) is 1. The van der Waals surface area contributed by atoms with E-state index in [2.05, 4.69) is 10.2 Å². The van der Waals surface area contributed by atoms with Gasteiger partial charge >= 0.3 is 0 Å². The Morgan fingerprint density at radius 2 is 2.00 bits per heavy atom. The average Bonchev–Trinajstić information content (AvgIpc) is 3.57. The van der Waals surface area contributed by atoms with E-state index >= 15 is 0 Å². The molecule has 4 aliphatic rings. The number of nitrogens with zero attached hydrogens (tertiary/aromatic N) is 2. The molecule has 6 rings (SSSR count). The molecule has 2 aromatic rings. The lowest BCUT2D eigenvalue weighted by Gasteiger charge is -2.37. The maximum absolute atomic E-state index is 14.2. The van der Waals surface area contributed by atoms with Gasteiger partial charge in [0.2, 0.25) is 23.4 Å². The quantitative estimate of drug-likeness (QED) is 0.435. The molecule has 188 valence electrons. The van der Waals surface area contributed by atoms with Crippen LogP contribution >= 0.6 is 0 Å². The highest BCUT2D eigenvalue weighted by molar-refractivity contribution is 6.26. The predicted molar refractivity (Wildman–Crippen MR) is 129 cm³/mol. The average molecular weight is 493 g/mol. The van der Waals surface area contributed by atoms with Crippen molar-refractivity contribution in [2.45, 2.75) is 44.7 Å². The van der Waals surface area contributed by atoms with Crippen LogP contribution < -0.4 is 20.2 Å². The van der Waals surface area contributed by atoms with Gasteiger partial charge in [0.25, 0.3) is 0 Å². The van der Waals surface area contributed by atoms with Crippen molar-refractivity contribution < 1.29 is 29.6 Å². The van der Waals surface area contributed by atoms with E-state index in [1.165, 1.54) is 19.2 Å². The number of amides is 3. The normalized spacial score (nSPS) is 29.5. The van der Waals surface area contributed by atoms with Gasteiger partial charge in [-0.15, -0.1) is 0 Å². The fraction of sp³-hybridized carbons (Fsp3) is 0.423. The summed E-state index contributed by atoms with van der Waals surface area (Å²) in [5.74, 6) is -2.50. The van der Waals surface area contributed by atoms with Gasteiger partial charge in [0.05, 0.1) is 24.6 Å². The first kappa shape index (κ1) is 23.1. The van der Waals surface area contributed by atoms with E-state index in [4.69, 9.17) is 4.74 Å².